The van der Waals surface area contributed by atoms with Gasteiger partial charge in [-0.2, -0.15) is 0 Å². The minimum atomic E-state index is -1.65. The van der Waals surface area contributed by atoms with Gasteiger partial charge in [0.1, 0.15) is 0 Å². The lowest BCUT2D eigenvalue weighted by molar-refractivity contribution is -0.116. The minimum absolute atomic E-state index is 0.245. The third kappa shape index (κ3) is 3.56. The first-order chi connectivity index (χ1) is 7.22. The van der Waals surface area contributed by atoms with Crippen LogP contribution in [-0.4, -0.2) is 20.7 Å². The van der Waals surface area contributed by atoms with E-state index in [-0.39, 0.29) is 10.8 Å². The monoisotopic (exact) mass is 240 g/mol. The molecule has 0 aromatic rings. The second-order valence-corrected chi connectivity index (χ2v) is 11.1. The van der Waals surface area contributed by atoms with E-state index in [0.29, 0.717) is 12.3 Å². The lowest BCUT2D eigenvalue weighted by atomic mass is 9.95. The lowest BCUT2D eigenvalue weighted by Crippen LogP contribution is -2.42. The molecule has 0 aromatic heterocycles. The topological polar surface area (TPSA) is 26.3 Å². The second-order valence-electron chi connectivity index (χ2n) is 6.25. The van der Waals surface area contributed by atoms with Crippen molar-refractivity contribution in [1.29, 1.82) is 0 Å². The summed E-state index contributed by atoms with van der Waals surface area (Å²) in [5.74, 6) is 0.640. The molecule has 0 aromatic carbocycles. The van der Waals surface area contributed by atoms with Crippen LogP contribution in [0.2, 0.25) is 18.1 Å². The zero-order chi connectivity index (χ0) is 12.4. The normalized spacial score (nSPS) is 22.6. The smallest absolute Gasteiger partial charge is 0.191 e. The summed E-state index contributed by atoms with van der Waals surface area (Å²) < 4.78 is 6.13. The first kappa shape index (κ1) is 13.7. The van der Waals surface area contributed by atoms with Gasteiger partial charge in [0.2, 0.25) is 0 Å². The third-order valence-electron chi connectivity index (χ3n) is 3.75. The van der Waals surface area contributed by atoms with E-state index in [4.69, 9.17) is 4.43 Å². The Labute approximate surface area is 100 Å². The highest BCUT2D eigenvalue weighted by Crippen LogP contribution is 2.37. The number of carbonyl (C=O) groups excluding carboxylic acids is 1. The van der Waals surface area contributed by atoms with Crippen LogP contribution in [0.5, 0.6) is 0 Å². The molecule has 2 nitrogen and oxygen atoms in total. The number of carbonyl (C=O) groups is 1. The van der Waals surface area contributed by atoms with E-state index in [1.807, 2.05) is 6.08 Å². The Bertz CT molecular complexity index is 287. The average molecular weight is 240 g/mol. The molecule has 0 saturated carbocycles. The van der Waals surface area contributed by atoms with Crippen molar-refractivity contribution in [2.75, 3.05) is 6.61 Å². The molecule has 0 bridgehead atoms. The Morgan fingerprint density at radius 1 is 1.44 bits per heavy atom. The minimum Gasteiger partial charge on any atom is -0.417 e. The zero-order valence-corrected chi connectivity index (χ0v) is 12.2. The summed E-state index contributed by atoms with van der Waals surface area (Å²) in [5.41, 5.74) is 0. The maximum atomic E-state index is 11.3. The van der Waals surface area contributed by atoms with Gasteiger partial charge in [-0.15, -0.1) is 0 Å². The molecule has 0 N–H and O–H groups in total. The Kier molecular flexibility index (Phi) is 4.13. The highest BCUT2D eigenvalue weighted by Gasteiger charge is 2.37. The van der Waals surface area contributed by atoms with E-state index in [0.717, 1.165) is 13.0 Å². The Morgan fingerprint density at radius 3 is 2.56 bits per heavy atom. The van der Waals surface area contributed by atoms with Crippen LogP contribution in [0.3, 0.4) is 0 Å². The van der Waals surface area contributed by atoms with Gasteiger partial charge in [-0.1, -0.05) is 26.8 Å². The number of ketones is 1. The molecule has 1 rings (SSSR count). The fourth-order valence-corrected chi connectivity index (χ4v) is 2.58. The van der Waals surface area contributed by atoms with Gasteiger partial charge in [-0.05, 0) is 36.5 Å². The van der Waals surface area contributed by atoms with Crippen molar-refractivity contribution in [3.8, 4) is 0 Å². The van der Waals surface area contributed by atoms with E-state index < -0.39 is 8.32 Å². The highest BCUT2D eigenvalue weighted by atomic mass is 28.4. The number of hydrogen-bond acceptors (Lipinski definition) is 2. The Balaban J connectivity index is 2.46. The molecule has 0 heterocycles. The van der Waals surface area contributed by atoms with Crippen molar-refractivity contribution in [2.24, 2.45) is 5.92 Å². The van der Waals surface area contributed by atoms with Gasteiger partial charge in [0.05, 0.1) is 0 Å². The van der Waals surface area contributed by atoms with Gasteiger partial charge in [0.15, 0.2) is 14.1 Å². The molecule has 0 aliphatic heterocycles. The quantitative estimate of drug-likeness (QED) is 0.705. The predicted molar refractivity (Wildman–Crippen MR) is 70.0 cm³/mol. The second kappa shape index (κ2) is 4.84. The van der Waals surface area contributed by atoms with Crippen LogP contribution in [0.15, 0.2) is 12.2 Å². The molecule has 0 amide bonds. The van der Waals surface area contributed by atoms with Gasteiger partial charge in [-0.25, -0.2) is 0 Å². The summed E-state index contributed by atoms with van der Waals surface area (Å²) in [6.45, 7) is 12.0. The van der Waals surface area contributed by atoms with E-state index in [9.17, 15) is 4.79 Å². The number of rotatable bonds is 3. The van der Waals surface area contributed by atoms with Crippen LogP contribution in [0, 0.1) is 5.92 Å². The molecule has 3 heteroatoms. The third-order valence-corrected chi connectivity index (χ3v) is 8.25. The van der Waals surface area contributed by atoms with Crippen molar-refractivity contribution < 1.29 is 9.22 Å². The summed E-state index contributed by atoms with van der Waals surface area (Å²) in [5, 5.41) is 0.252. The van der Waals surface area contributed by atoms with Crippen molar-refractivity contribution in [2.45, 2.75) is 51.7 Å². The Morgan fingerprint density at radius 2 is 2.06 bits per heavy atom. The van der Waals surface area contributed by atoms with E-state index >= 15 is 0 Å². The number of hydrogen-bond donors (Lipinski definition) is 0. The molecule has 16 heavy (non-hydrogen) atoms. The SMILES string of the molecule is CC(C)(C)[Si](C)(C)OCC1CC=CC(=O)C1. The van der Waals surface area contributed by atoms with Crippen LogP contribution in [-0.2, 0) is 9.22 Å². The van der Waals surface area contributed by atoms with Crippen molar-refractivity contribution >= 4 is 14.1 Å². The lowest BCUT2D eigenvalue weighted by Gasteiger charge is -2.37. The van der Waals surface area contributed by atoms with Gasteiger partial charge < -0.3 is 4.43 Å². The first-order valence-electron chi connectivity index (χ1n) is 6.06. The van der Waals surface area contributed by atoms with Crippen molar-refractivity contribution in [3.05, 3.63) is 12.2 Å². The van der Waals surface area contributed by atoms with Crippen LogP contribution in [0.1, 0.15) is 33.6 Å². The molecule has 1 aliphatic carbocycles. The number of allylic oxidation sites excluding steroid dienone is 2. The molecule has 92 valence electrons. The zero-order valence-electron chi connectivity index (χ0n) is 11.2. The van der Waals surface area contributed by atoms with Crippen molar-refractivity contribution in [3.63, 3.8) is 0 Å². The van der Waals surface area contributed by atoms with E-state index in [2.05, 4.69) is 33.9 Å². The van der Waals surface area contributed by atoms with Crippen molar-refractivity contribution in [1.82, 2.24) is 0 Å². The van der Waals surface area contributed by atoms with Gasteiger partial charge in [0, 0.05) is 13.0 Å². The van der Waals surface area contributed by atoms with Crippen LogP contribution < -0.4 is 0 Å². The van der Waals surface area contributed by atoms with Crippen LogP contribution in [0.25, 0.3) is 0 Å². The van der Waals surface area contributed by atoms with Crippen LogP contribution >= 0.6 is 0 Å². The largest absolute Gasteiger partial charge is 0.417 e. The molecular formula is C13H24O2Si. The predicted octanol–water partition coefficient (Wildman–Crippen LogP) is 3.54. The summed E-state index contributed by atoms with van der Waals surface area (Å²) in [7, 11) is -1.65. The van der Waals surface area contributed by atoms with Gasteiger partial charge in [-0.3, -0.25) is 4.79 Å². The molecule has 1 aliphatic rings. The first-order valence-corrected chi connectivity index (χ1v) is 8.96. The summed E-state index contributed by atoms with van der Waals surface area (Å²) in [6.07, 6.45) is 5.32. The molecule has 0 spiro atoms. The standard InChI is InChI=1S/C13H24O2Si/c1-13(2,3)16(4,5)15-10-11-7-6-8-12(14)9-11/h6,8,11H,7,9-10H2,1-5H3. The molecule has 1 atom stereocenters. The summed E-state index contributed by atoms with van der Waals surface area (Å²) in [6, 6.07) is 0. The van der Waals surface area contributed by atoms with Gasteiger partial charge >= 0.3 is 0 Å². The molecule has 0 radical (unpaired) electrons. The van der Waals surface area contributed by atoms with Gasteiger partial charge in [0.25, 0.3) is 0 Å². The highest BCUT2D eigenvalue weighted by molar-refractivity contribution is 6.74. The van der Waals surface area contributed by atoms with E-state index in [1.165, 1.54) is 0 Å². The molecule has 0 saturated heterocycles. The van der Waals surface area contributed by atoms with Crippen LogP contribution in [0.4, 0.5) is 0 Å². The average Bonchev–Trinajstić information content (AvgIpc) is 2.13. The molecular weight excluding hydrogens is 216 g/mol. The summed E-state index contributed by atoms with van der Waals surface area (Å²) in [4.78, 5) is 11.3. The molecule has 1 unspecified atom stereocenters. The maximum absolute atomic E-state index is 11.3. The fourth-order valence-electron chi connectivity index (χ4n) is 1.50. The Hall–Kier alpha value is -0.413. The summed E-state index contributed by atoms with van der Waals surface area (Å²) >= 11 is 0. The fraction of sp³-hybridized carbons (Fsp3) is 0.769. The maximum Gasteiger partial charge on any atom is 0.191 e. The molecule has 0 fully saturated rings. The van der Waals surface area contributed by atoms with E-state index in [1.54, 1.807) is 6.08 Å².